The number of morpholine rings is 1. The second kappa shape index (κ2) is 6.10. The maximum absolute atomic E-state index is 11.0. The van der Waals surface area contributed by atoms with Crippen LogP contribution in [0.3, 0.4) is 0 Å². The van der Waals surface area contributed by atoms with E-state index >= 15 is 0 Å². The minimum absolute atomic E-state index is 0.00322. The van der Waals surface area contributed by atoms with Gasteiger partial charge in [0.1, 0.15) is 0 Å². The van der Waals surface area contributed by atoms with E-state index in [1.807, 2.05) is 13.0 Å². The fourth-order valence-corrected chi connectivity index (χ4v) is 2.26. The Labute approximate surface area is 112 Å². The molecule has 1 aliphatic heterocycles. The van der Waals surface area contributed by atoms with E-state index in [9.17, 15) is 10.1 Å². The van der Waals surface area contributed by atoms with E-state index in [1.54, 1.807) is 18.2 Å². The van der Waals surface area contributed by atoms with Gasteiger partial charge in [0.25, 0.3) is 5.69 Å². The Balaban J connectivity index is 2.07. The van der Waals surface area contributed by atoms with Gasteiger partial charge in [0.2, 0.25) is 0 Å². The number of nitro benzene ring substituents is 1. The third-order valence-electron chi connectivity index (χ3n) is 3.35. The van der Waals surface area contributed by atoms with Crippen molar-refractivity contribution < 1.29 is 9.66 Å². The Morgan fingerprint density at radius 3 is 3.00 bits per heavy atom. The SMILES string of the molecule is CC(N)C1CN(Cc2ccccc2[N+](=O)[O-])CCO1. The zero-order valence-corrected chi connectivity index (χ0v) is 11.0. The van der Waals surface area contributed by atoms with Gasteiger partial charge < -0.3 is 10.5 Å². The minimum atomic E-state index is -0.335. The van der Waals surface area contributed by atoms with E-state index in [4.69, 9.17) is 10.5 Å². The molecular formula is C13H19N3O3. The summed E-state index contributed by atoms with van der Waals surface area (Å²) in [5, 5.41) is 11.0. The number of benzene rings is 1. The molecule has 2 unspecified atom stereocenters. The summed E-state index contributed by atoms with van der Waals surface area (Å²) < 4.78 is 5.58. The second-order valence-corrected chi connectivity index (χ2v) is 4.89. The molecule has 2 atom stereocenters. The Hall–Kier alpha value is -1.50. The number of ether oxygens (including phenoxy) is 1. The molecule has 1 fully saturated rings. The van der Waals surface area contributed by atoms with Gasteiger partial charge in [-0.3, -0.25) is 15.0 Å². The monoisotopic (exact) mass is 265 g/mol. The molecule has 0 aliphatic carbocycles. The van der Waals surface area contributed by atoms with E-state index in [1.165, 1.54) is 0 Å². The maximum Gasteiger partial charge on any atom is 0.273 e. The Bertz CT molecular complexity index is 451. The fraction of sp³-hybridized carbons (Fsp3) is 0.538. The molecule has 0 radical (unpaired) electrons. The van der Waals surface area contributed by atoms with Gasteiger partial charge in [-0.25, -0.2) is 0 Å². The number of nitrogens with two attached hydrogens (primary N) is 1. The van der Waals surface area contributed by atoms with Crippen LogP contribution in [0.5, 0.6) is 0 Å². The average molecular weight is 265 g/mol. The van der Waals surface area contributed by atoms with Crippen LogP contribution in [0.15, 0.2) is 24.3 Å². The number of para-hydroxylation sites is 1. The summed E-state index contributed by atoms with van der Waals surface area (Å²) in [5.74, 6) is 0. The lowest BCUT2D eigenvalue weighted by Gasteiger charge is -2.34. The molecule has 1 aliphatic rings. The molecule has 2 N–H and O–H groups in total. The van der Waals surface area contributed by atoms with Crippen molar-refractivity contribution in [2.75, 3.05) is 19.7 Å². The summed E-state index contributed by atoms with van der Waals surface area (Å²) in [6.45, 7) is 4.58. The van der Waals surface area contributed by atoms with Crippen molar-refractivity contribution in [1.29, 1.82) is 0 Å². The largest absolute Gasteiger partial charge is 0.374 e. The number of hydrogen-bond donors (Lipinski definition) is 1. The third kappa shape index (κ3) is 3.50. The van der Waals surface area contributed by atoms with Gasteiger partial charge in [-0.05, 0) is 6.92 Å². The summed E-state index contributed by atoms with van der Waals surface area (Å²) >= 11 is 0. The van der Waals surface area contributed by atoms with Crippen molar-refractivity contribution in [1.82, 2.24) is 4.90 Å². The molecule has 2 rings (SSSR count). The molecule has 19 heavy (non-hydrogen) atoms. The van der Waals surface area contributed by atoms with Crippen LogP contribution in [0.25, 0.3) is 0 Å². The highest BCUT2D eigenvalue weighted by Crippen LogP contribution is 2.20. The Morgan fingerprint density at radius 1 is 1.58 bits per heavy atom. The molecule has 0 bridgehead atoms. The molecule has 0 aromatic heterocycles. The molecular weight excluding hydrogens is 246 g/mol. The third-order valence-corrected chi connectivity index (χ3v) is 3.35. The molecule has 1 heterocycles. The number of hydrogen-bond acceptors (Lipinski definition) is 5. The molecule has 6 heteroatoms. The van der Waals surface area contributed by atoms with Gasteiger partial charge in [0, 0.05) is 37.3 Å². The molecule has 104 valence electrons. The van der Waals surface area contributed by atoms with Crippen molar-refractivity contribution in [3.05, 3.63) is 39.9 Å². The predicted molar refractivity (Wildman–Crippen MR) is 71.8 cm³/mol. The zero-order chi connectivity index (χ0) is 13.8. The number of rotatable bonds is 4. The van der Waals surface area contributed by atoms with Crippen LogP contribution in [0.2, 0.25) is 0 Å². The molecule has 0 amide bonds. The molecule has 0 spiro atoms. The maximum atomic E-state index is 11.0. The van der Waals surface area contributed by atoms with Crippen LogP contribution in [0, 0.1) is 10.1 Å². The van der Waals surface area contributed by atoms with Gasteiger partial charge >= 0.3 is 0 Å². The van der Waals surface area contributed by atoms with Gasteiger partial charge in [0.05, 0.1) is 17.6 Å². The Morgan fingerprint density at radius 2 is 2.32 bits per heavy atom. The van der Waals surface area contributed by atoms with Crippen LogP contribution in [0.4, 0.5) is 5.69 Å². The van der Waals surface area contributed by atoms with E-state index in [0.29, 0.717) is 19.7 Å². The van der Waals surface area contributed by atoms with E-state index in [2.05, 4.69) is 4.90 Å². The number of nitro groups is 1. The molecule has 6 nitrogen and oxygen atoms in total. The van der Waals surface area contributed by atoms with E-state index in [-0.39, 0.29) is 22.8 Å². The van der Waals surface area contributed by atoms with E-state index in [0.717, 1.165) is 12.1 Å². The summed E-state index contributed by atoms with van der Waals surface area (Å²) in [5.41, 5.74) is 6.75. The lowest BCUT2D eigenvalue weighted by molar-refractivity contribution is -0.385. The minimum Gasteiger partial charge on any atom is -0.374 e. The first-order chi connectivity index (χ1) is 9.08. The van der Waals surface area contributed by atoms with Crippen molar-refractivity contribution >= 4 is 5.69 Å². The van der Waals surface area contributed by atoms with Crippen LogP contribution in [-0.2, 0) is 11.3 Å². The second-order valence-electron chi connectivity index (χ2n) is 4.89. The van der Waals surface area contributed by atoms with Gasteiger partial charge in [-0.15, -0.1) is 0 Å². The summed E-state index contributed by atoms with van der Waals surface area (Å²) in [4.78, 5) is 12.8. The highest BCUT2D eigenvalue weighted by atomic mass is 16.6. The van der Waals surface area contributed by atoms with Crippen molar-refractivity contribution in [3.63, 3.8) is 0 Å². The molecule has 0 saturated carbocycles. The topological polar surface area (TPSA) is 81.6 Å². The fourth-order valence-electron chi connectivity index (χ4n) is 2.26. The smallest absolute Gasteiger partial charge is 0.273 e. The summed E-state index contributed by atoms with van der Waals surface area (Å²) in [6.07, 6.45) is -0.00322. The summed E-state index contributed by atoms with van der Waals surface area (Å²) in [6, 6.07) is 6.82. The lowest BCUT2D eigenvalue weighted by atomic mass is 10.1. The van der Waals surface area contributed by atoms with Gasteiger partial charge in [-0.2, -0.15) is 0 Å². The highest BCUT2D eigenvalue weighted by Gasteiger charge is 2.25. The van der Waals surface area contributed by atoms with Crippen molar-refractivity contribution in [2.24, 2.45) is 5.73 Å². The number of nitrogens with zero attached hydrogens (tertiary/aromatic N) is 2. The standard InChI is InChI=1S/C13H19N3O3/c1-10(14)13-9-15(6-7-19-13)8-11-4-2-3-5-12(11)16(17)18/h2-5,10,13H,6-9,14H2,1H3. The first-order valence-electron chi connectivity index (χ1n) is 6.39. The van der Waals surface area contributed by atoms with E-state index < -0.39 is 0 Å². The van der Waals surface area contributed by atoms with Crippen molar-refractivity contribution in [2.45, 2.75) is 25.6 Å². The van der Waals surface area contributed by atoms with Crippen LogP contribution >= 0.6 is 0 Å². The molecule has 1 aromatic rings. The first-order valence-corrected chi connectivity index (χ1v) is 6.39. The quantitative estimate of drug-likeness (QED) is 0.652. The molecule has 1 saturated heterocycles. The van der Waals surface area contributed by atoms with Crippen LogP contribution in [0.1, 0.15) is 12.5 Å². The Kier molecular flexibility index (Phi) is 4.47. The average Bonchev–Trinajstić information content (AvgIpc) is 2.39. The van der Waals surface area contributed by atoms with Crippen LogP contribution in [-0.4, -0.2) is 41.7 Å². The van der Waals surface area contributed by atoms with Gasteiger partial charge in [-0.1, -0.05) is 18.2 Å². The van der Waals surface area contributed by atoms with Crippen LogP contribution < -0.4 is 5.73 Å². The normalized spacial score (nSPS) is 22.1. The zero-order valence-electron chi connectivity index (χ0n) is 11.0. The highest BCUT2D eigenvalue weighted by molar-refractivity contribution is 5.39. The summed E-state index contributed by atoms with van der Waals surface area (Å²) in [7, 11) is 0. The first kappa shape index (κ1) is 13.9. The van der Waals surface area contributed by atoms with Crippen molar-refractivity contribution in [3.8, 4) is 0 Å². The predicted octanol–water partition coefficient (Wildman–Crippen LogP) is 1.14. The lowest BCUT2D eigenvalue weighted by Crippen LogP contribution is -2.49. The molecule has 1 aromatic carbocycles. The van der Waals surface area contributed by atoms with Gasteiger partial charge in [0.15, 0.2) is 0 Å².